The van der Waals surface area contributed by atoms with Crippen LogP contribution in [0.3, 0.4) is 0 Å². The van der Waals surface area contributed by atoms with Crippen LogP contribution in [0.25, 0.3) is 11.1 Å². The zero-order chi connectivity index (χ0) is 17.3. The maximum Gasteiger partial charge on any atom is 0.157 e. The summed E-state index contributed by atoms with van der Waals surface area (Å²) in [5.74, 6) is 0. The van der Waals surface area contributed by atoms with Crippen LogP contribution in [0.4, 0.5) is 5.69 Å². The Kier molecular flexibility index (Phi) is 3.98. The van der Waals surface area contributed by atoms with Gasteiger partial charge < -0.3 is 9.80 Å². The lowest BCUT2D eigenvalue weighted by Crippen LogP contribution is -2.36. The molecule has 4 heteroatoms. The molecule has 2 aromatic rings. The minimum absolute atomic E-state index is 0.0842. The van der Waals surface area contributed by atoms with E-state index in [1.54, 1.807) is 0 Å². The number of hydrogen-bond donors (Lipinski definition) is 0. The molecular formula is C20H18N4. The number of nitrogens with zero attached hydrogens (tertiary/aromatic N) is 4. The molecule has 0 saturated carbocycles. The van der Waals surface area contributed by atoms with E-state index in [4.69, 9.17) is 0 Å². The predicted octanol–water partition coefficient (Wildman–Crippen LogP) is 4.02. The number of rotatable bonds is 2. The third-order valence-corrected chi connectivity index (χ3v) is 4.54. The first-order valence-corrected chi connectivity index (χ1v) is 7.81. The molecule has 0 aliphatic carbocycles. The van der Waals surface area contributed by atoms with Crippen LogP contribution < -0.4 is 4.90 Å². The van der Waals surface area contributed by atoms with Crippen molar-refractivity contribution >= 4 is 5.69 Å². The van der Waals surface area contributed by atoms with Gasteiger partial charge in [-0.25, -0.2) is 0 Å². The molecular weight excluding hydrogens is 296 g/mol. The van der Waals surface area contributed by atoms with Crippen LogP contribution in [0.15, 0.2) is 59.9 Å². The van der Waals surface area contributed by atoms with Crippen molar-refractivity contribution in [3.05, 3.63) is 65.5 Å². The van der Waals surface area contributed by atoms with E-state index in [1.165, 1.54) is 0 Å². The molecule has 0 radical (unpaired) electrons. The van der Waals surface area contributed by atoms with E-state index in [1.807, 2.05) is 48.9 Å². The third kappa shape index (κ3) is 2.39. The third-order valence-electron chi connectivity index (χ3n) is 4.54. The molecule has 0 spiro atoms. The highest BCUT2D eigenvalue weighted by atomic mass is 15.4. The fraction of sp³-hybridized carbons (Fsp3) is 0.200. The smallest absolute Gasteiger partial charge is 0.157 e. The molecule has 0 saturated heterocycles. The molecule has 3 rings (SSSR count). The van der Waals surface area contributed by atoms with Crippen molar-refractivity contribution < 1.29 is 0 Å². The molecule has 118 valence electrons. The number of nitriles is 2. The van der Waals surface area contributed by atoms with Crippen LogP contribution >= 0.6 is 0 Å². The second-order valence-electron chi connectivity index (χ2n) is 5.90. The maximum absolute atomic E-state index is 9.58. The van der Waals surface area contributed by atoms with E-state index >= 15 is 0 Å². The first kappa shape index (κ1) is 15.6. The lowest BCUT2D eigenvalue weighted by atomic mass is 10.0. The molecule has 24 heavy (non-hydrogen) atoms. The second-order valence-corrected chi connectivity index (χ2v) is 5.90. The summed E-state index contributed by atoms with van der Waals surface area (Å²) in [6.07, 6.45) is -0.0842. The van der Waals surface area contributed by atoms with Gasteiger partial charge in [0, 0.05) is 12.7 Å². The Labute approximate surface area is 142 Å². The molecule has 1 aliphatic rings. The van der Waals surface area contributed by atoms with Crippen LogP contribution in [-0.4, -0.2) is 18.1 Å². The minimum Gasteiger partial charge on any atom is -0.343 e. The van der Waals surface area contributed by atoms with Crippen molar-refractivity contribution in [3.63, 3.8) is 0 Å². The van der Waals surface area contributed by atoms with Gasteiger partial charge in [0.05, 0.1) is 0 Å². The molecule has 0 bridgehead atoms. The van der Waals surface area contributed by atoms with Gasteiger partial charge in [-0.05, 0) is 36.6 Å². The van der Waals surface area contributed by atoms with Crippen molar-refractivity contribution in [2.45, 2.75) is 20.0 Å². The van der Waals surface area contributed by atoms with Crippen molar-refractivity contribution in [3.8, 4) is 23.3 Å². The van der Waals surface area contributed by atoms with Gasteiger partial charge in [0.2, 0.25) is 0 Å². The van der Waals surface area contributed by atoms with Crippen LogP contribution in [-0.2, 0) is 0 Å². The Hall–Kier alpha value is -3.24. The van der Waals surface area contributed by atoms with Crippen molar-refractivity contribution in [2.75, 3.05) is 11.9 Å². The van der Waals surface area contributed by atoms with Gasteiger partial charge in [0.15, 0.2) is 11.4 Å². The molecule has 0 aromatic heterocycles. The fourth-order valence-electron chi connectivity index (χ4n) is 3.07. The van der Waals surface area contributed by atoms with E-state index in [-0.39, 0.29) is 6.17 Å². The Morgan fingerprint density at radius 3 is 2.21 bits per heavy atom. The van der Waals surface area contributed by atoms with E-state index in [0.717, 1.165) is 22.4 Å². The average molecular weight is 314 g/mol. The van der Waals surface area contributed by atoms with Gasteiger partial charge in [0.1, 0.15) is 18.3 Å². The van der Waals surface area contributed by atoms with E-state index in [0.29, 0.717) is 11.4 Å². The topological polar surface area (TPSA) is 54.1 Å². The quantitative estimate of drug-likeness (QED) is 0.840. The molecule has 0 fully saturated rings. The summed E-state index contributed by atoms with van der Waals surface area (Å²) >= 11 is 0. The van der Waals surface area contributed by atoms with Gasteiger partial charge in [0.25, 0.3) is 0 Å². The van der Waals surface area contributed by atoms with Gasteiger partial charge in [-0.3, -0.25) is 0 Å². The normalized spacial score (nSPS) is 17.0. The lowest BCUT2D eigenvalue weighted by molar-refractivity contribution is 0.367. The molecule has 1 atom stereocenters. The predicted molar refractivity (Wildman–Crippen MR) is 94.6 cm³/mol. The summed E-state index contributed by atoms with van der Waals surface area (Å²) in [6, 6.07) is 20.7. The standard InChI is InChI=1S/C20H18N4/c1-14-9-10-17(16-7-5-4-6-8-16)11-18(14)24-15(2)23(3)19(12-21)20(24)13-22/h4-11,15H,1-3H3/t15-/m0/s1. The highest BCUT2D eigenvalue weighted by molar-refractivity contribution is 5.74. The summed E-state index contributed by atoms with van der Waals surface area (Å²) in [6.45, 7) is 4.02. The molecule has 4 nitrogen and oxygen atoms in total. The monoisotopic (exact) mass is 314 g/mol. The number of aryl methyl sites for hydroxylation is 1. The summed E-state index contributed by atoms with van der Waals surface area (Å²) in [7, 11) is 1.84. The molecule has 0 unspecified atom stereocenters. The van der Waals surface area contributed by atoms with Crippen LogP contribution in [0.1, 0.15) is 12.5 Å². The van der Waals surface area contributed by atoms with Crippen LogP contribution in [0, 0.1) is 29.6 Å². The average Bonchev–Trinajstić information content (AvgIpc) is 2.86. The molecule has 0 amide bonds. The summed E-state index contributed by atoms with van der Waals surface area (Å²) < 4.78 is 0. The van der Waals surface area contributed by atoms with Crippen LogP contribution in [0.5, 0.6) is 0 Å². The van der Waals surface area contributed by atoms with E-state index < -0.39 is 0 Å². The van der Waals surface area contributed by atoms with E-state index in [9.17, 15) is 10.5 Å². The fourth-order valence-corrected chi connectivity index (χ4v) is 3.07. The SMILES string of the molecule is Cc1ccc(-c2ccccc2)cc1N1C(C#N)=C(C#N)N(C)[C@@H]1C. The number of hydrogen-bond acceptors (Lipinski definition) is 4. The van der Waals surface area contributed by atoms with Gasteiger partial charge in [-0.15, -0.1) is 0 Å². The summed E-state index contributed by atoms with van der Waals surface area (Å²) in [5, 5.41) is 19.0. The summed E-state index contributed by atoms with van der Waals surface area (Å²) in [4.78, 5) is 3.79. The largest absolute Gasteiger partial charge is 0.343 e. The molecule has 1 aliphatic heterocycles. The van der Waals surface area contributed by atoms with Crippen molar-refractivity contribution in [1.82, 2.24) is 4.90 Å². The minimum atomic E-state index is -0.0842. The lowest BCUT2D eigenvalue weighted by Gasteiger charge is -2.29. The van der Waals surface area contributed by atoms with Crippen molar-refractivity contribution in [2.24, 2.45) is 0 Å². The van der Waals surface area contributed by atoms with Gasteiger partial charge in [-0.2, -0.15) is 10.5 Å². The number of allylic oxidation sites excluding steroid dienone is 2. The molecule has 0 N–H and O–H groups in total. The van der Waals surface area contributed by atoms with E-state index in [2.05, 4.69) is 42.5 Å². The maximum atomic E-state index is 9.58. The summed E-state index contributed by atoms with van der Waals surface area (Å²) in [5.41, 5.74) is 5.06. The highest BCUT2D eigenvalue weighted by Crippen LogP contribution is 2.36. The number of anilines is 1. The first-order valence-electron chi connectivity index (χ1n) is 7.81. The molecule has 2 aromatic carbocycles. The second kappa shape index (κ2) is 6.10. The Morgan fingerprint density at radius 1 is 0.917 bits per heavy atom. The van der Waals surface area contributed by atoms with Gasteiger partial charge in [-0.1, -0.05) is 42.5 Å². The zero-order valence-electron chi connectivity index (χ0n) is 14.0. The van der Waals surface area contributed by atoms with Crippen molar-refractivity contribution in [1.29, 1.82) is 10.5 Å². The number of benzene rings is 2. The highest BCUT2D eigenvalue weighted by Gasteiger charge is 2.35. The van der Waals surface area contributed by atoms with Gasteiger partial charge >= 0.3 is 0 Å². The Balaban J connectivity index is 2.15. The molecule has 1 heterocycles. The first-order chi connectivity index (χ1) is 11.6. The Morgan fingerprint density at radius 2 is 1.58 bits per heavy atom. The van der Waals surface area contributed by atoms with Crippen LogP contribution in [0.2, 0.25) is 0 Å². The Bertz CT molecular complexity index is 884. The zero-order valence-corrected chi connectivity index (χ0v) is 14.0.